The van der Waals surface area contributed by atoms with Gasteiger partial charge in [0, 0.05) is 12.6 Å². The van der Waals surface area contributed by atoms with Crippen LogP contribution < -0.4 is 0 Å². The second-order valence-electron chi connectivity index (χ2n) is 7.27. The summed E-state index contributed by atoms with van der Waals surface area (Å²) in [5.41, 5.74) is 1.61. The second kappa shape index (κ2) is 7.32. The third kappa shape index (κ3) is 5.71. The Balaban J connectivity index is 2.95. The van der Waals surface area contributed by atoms with E-state index in [-0.39, 0.29) is 17.3 Å². The lowest BCUT2D eigenvalue weighted by Gasteiger charge is -2.32. The van der Waals surface area contributed by atoms with Crippen LogP contribution in [0, 0.1) is 11.3 Å². The summed E-state index contributed by atoms with van der Waals surface area (Å²) in [5.74, 6) is 0.468. The normalized spacial score (nSPS) is 13.8. The van der Waals surface area contributed by atoms with Crippen LogP contribution in [0.2, 0.25) is 13.1 Å². The number of carbonyl (C=O) groups excluding carboxylic acids is 1. The van der Waals surface area contributed by atoms with Gasteiger partial charge in [-0.25, -0.2) is 0 Å². The molecular weight excluding hydrogens is 278 g/mol. The monoisotopic (exact) mass is 306 g/mol. The Bertz CT molecular complexity index is 461. The molecule has 0 bridgehead atoms. The van der Waals surface area contributed by atoms with Gasteiger partial charge in [0.15, 0.2) is 5.78 Å². The molecule has 1 rings (SSSR count). The van der Waals surface area contributed by atoms with Gasteiger partial charge in [-0.3, -0.25) is 9.78 Å². The molecule has 0 aliphatic heterocycles. The standard InChI is InChI=1S/C17H28NO2Si/c1-12(2)10-15(19)14-9-8-13(11-18-14)16(17(3,4)5)20-21(6)7/h8-9,11-12,16H,10H2,1-7H3. The lowest BCUT2D eigenvalue weighted by atomic mass is 9.85. The Morgan fingerprint density at radius 3 is 2.29 bits per heavy atom. The molecule has 0 saturated heterocycles. The summed E-state index contributed by atoms with van der Waals surface area (Å²) in [5, 5.41) is 0. The van der Waals surface area contributed by atoms with E-state index in [9.17, 15) is 4.79 Å². The highest BCUT2D eigenvalue weighted by atomic mass is 28.3. The fourth-order valence-corrected chi connectivity index (χ4v) is 3.14. The summed E-state index contributed by atoms with van der Waals surface area (Å²) in [6.45, 7) is 14.9. The molecule has 0 fully saturated rings. The van der Waals surface area contributed by atoms with Crippen molar-refractivity contribution in [1.82, 2.24) is 4.98 Å². The number of ketones is 1. The minimum absolute atomic E-state index is 0.00702. The molecule has 0 aliphatic carbocycles. The Morgan fingerprint density at radius 1 is 1.29 bits per heavy atom. The van der Waals surface area contributed by atoms with Crippen molar-refractivity contribution >= 4 is 14.8 Å². The van der Waals surface area contributed by atoms with E-state index in [0.29, 0.717) is 18.0 Å². The van der Waals surface area contributed by atoms with E-state index in [1.165, 1.54) is 0 Å². The number of pyridine rings is 1. The molecule has 0 N–H and O–H groups in total. The van der Waals surface area contributed by atoms with Gasteiger partial charge >= 0.3 is 0 Å². The molecule has 1 aromatic rings. The van der Waals surface area contributed by atoms with Gasteiger partial charge in [-0.15, -0.1) is 0 Å². The molecule has 1 heterocycles. The number of carbonyl (C=O) groups is 1. The smallest absolute Gasteiger partial charge is 0.205 e. The first-order valence-electron chi connectivity index (χ1n) is 7.57. The number of rotatable bonds is 6. The van der Waals surface area contributed by atoms with E-state index >= 15 is 0 Å². The topological polar surface area (TPSA) is 39.2 Å². The van der Waals surface area contributed by atoms with Crippen molar-refractivity contribution in [1.29, 1.82) is 0 Å². The molecule has 21 heavy (non-hydrogen) atoms. The molecule has 0 aromatic carbocycles. The largest absolute Gasteiger partial charge is 0.410 e. The van der Waals surface area contributed by atoms with Crippen LogP contribution in [0.5, 0.6) is 0 Å². The molecule has 0 spiro atoms. The van der Waals surface area contributed by atoms with E-state index in [0.717, 1.165) is 5.56 Å². The van der Waals surface area contributed by atoms with Crippen LogP contribution in [0.3, 0.4) is 0 Å². The number of nitrogens with zero attached hydrogens (tertiary/aromatic N) is 1. The number of hydrogen-bond donors (Lipinski definition) is 0. The van der Waals surface area contributed by atoms with E-state index < -0.39 is 9.04 Å². The van der Waals surface area contributed by atoms with Crippen LogP contribution >= 0.6 is 0 Å². The Hall–Kier alpha value is -1.00. The fourth-order valence-electron chi connectivity index (χ4n) is 2.18. The zero-order valence-electron chi connectivity index (χ0n) is 14.4. The summed E-state index contributed by atoms with van der Waals surface area (Å²) < 4.78 is 6.14. The minimum Gasteiger partial charge on any atom is -0.410 e. The van der Waals surface area contributed by atoms with Gasteiger partial charge in [-0.05, 0) is 36.1 Å². The van der Waals surface area contributed by atoms with Gasteiger partial charge in [-0.1, -0.05) is 40.7 Å². The summed E-state index contributed by atoms with van der Waals surface area (Å²) in [6.07, 6.45) is 2.36. The van der Waals surface area contributed by atoms with Crippen LogP contribution in [0.1, 0.15) is 63.2 Å². The van der Waals surface area contributed by atoms with Crippen LogP contribution in [-0.2, 0) is 4.43 Å². The highest BCUT2D eigenvalue weighted by Crippen LogP contribution is 2.36. The second-order valence-corrected chi connectivity index (χ2v) is 9.32. The number of aromatic nitrogens is 1. The molecule has 1 aromatic heterocycles. The average Bonchev–Trinajstić information content (AvgIpc) is 2.34. The fraction of sp³-hybridized carbons (Fsp3) is 0.647. The van der Waals surface area contributed by atoms with Crippen molar-refractivity contribution in [3.63, 3.8) is 0 Å². The predicted octanol–water partition coefficient (Wildman–Crippen LogP) is 4.67. The van der Waals surface area contributed by atoms with Gasteiger partial charge in [0.2, 0.25) is 9.04 Å². The Kier molecular flexibility index (Phi) is 6.29. The van der Waals surface area contributed by atoms with Crippen molar-refractivity contribution in [2.75, 3.05) is 0 Å². The molecule has 1 radical (unpaired) electrons. The first-order valence-corrected chi connectivity index (χ1v) is 9.98. The molecule has 3 nitrogen and oxygen atoms in total. The van der Waals surface area contributed by atoms with Crippen LogP contribution in [0.15, 0.2) is 18.3 Å². The molecule has 0 saturated carbocycles. The molecule has 4 heteroatoms. The van der Waals surface area contributed by atoms with E-state index in [4.69, 9.17) is 4.43 Å². The minimum atomic E-state index is -0.799. The van der Waals surface area contributed by atoms with Crippen LogP contribution in [-0.4, -0.2) is 19.8 Å². The molecular formula is C17H28NO2Si. The highest BCUT2D eigenvalue weighted by Gasteiger charge is 2.28. The number of Topliss-reactive ketones (excluding diaryl/α,β-unsaturated/α-hetero) is 1. The van der Waals surface area contributed by atoms with Gasteiger partial charge in [0.05, 0.1) is 6.10 Å². The third-order valence-electron chi connectivity index (χ3n) is 3.11. The van der Waals surface area contributed by atoms with Crippen molar-refractivity contribution < 1.29 is 9.22 Å². The van der Waals surface area contributed by atoms with Gasteiger partial charge in [-0.2, -0.15) is 0 Å². The maximum absolute atomic E-state index is 12.0. The zero-order chi connectivity index (χ0) is 16.2. The SMILES string of the molecule is CC(C)CC(=O)c1ccc(C(O[Si](C)C)C(C)(C)C)cn1. The maximum Gasteiger partial charge on any atom is 0.205 e. The lowest BCUT2D eigenvalue weighted by Crippen LogP contribution is -2.26. The van der Waals surface area contributed by atoms with E-state index in [1.807, 2.05) is 26.0 Å². The number of hydrogen-bond acceptors (Lipinski definition) is 3. The van der Waals surface area contributed by atoms with E-state index in [2.05, 4.69) is 38.8 Å². The van der Waals surface area contributed by atoms with Gasteiger partial charge in [0.1, 0.15) is 5.69 Å². The molecule has 117 valence electrons. The Labute approximate surface area is 130 Å². The summed E-state index contributed by atoms with van der Waals surface area (Å²) >= 11 is 0. The first kappa shape index (κ1) is 18.0. The average molecular weight is 307 g/mol. The summed E-state index contributed by atoms with van der Waals surface area (Å²) in [4.78, 5) is 16.4. The summed E-state index contributed by atoms with van der Waals surface area (Å²) in [7, 11) is -0.799. The van der Waals surface area contributed by atoms with Gasteiger partial charge < -0.3 is 4.43 Å². The first-order chi connectivity index (χ1) is 9.61. The van der Waals surface area contributed by atoms with Crippen molar-refractivity contribution in [2.45, 2.75) is 60.2 Å². The van der Waals surface area contributed by atoms with Crippen molar-refractivity contribution in [3.8, 4) is 0 Å². The predicted molar refractivity (Wildman–Crippen MR) is 88.8 cm³/mol. The van der Waals surface area contributed by atoms with Gasteiger partial charge in [0.25, 0.3) is 0 Å². The van der Waals surface area contributed by atoms with Crippen molar-refractivity contribution in [2.24, 2.45) is 11.3 Å². The molecule has 0 aliphatic rings. The van der Waals surface area contributed by atoms with E-state index in [1.54, 1.807) is 6.20 Å². The highest BCUT2D eigenvalue weighted by molar-refractivity contribution is 6.48. The zero-order valence-corrected chi connectivity index (χ0v) is 15.4. The molecule has 1 unspecified atom stereocenters. The molecule has 0 amide bonds. The van der Waals surface area contributed by atoms with Crippen LogP contribution in [0.4, 0.5) is 0 Å². The quantitative estimate of drug-likeness (QED) is 0.566. The maximum atomic E-state index is 12.0. The van der Waals surface area contributed by atoms with Crippen molar-refractivity contribution in [3.05, 3.63) is 29.6 Å². The lowest BCUT2D eigenvalue weighted by molar-refractivity contribution is 0.0861. The summed E-state index contributed by atoms with van der Waals surface area (Å²) in [6, 6.07) is 3.82. The van der Waals surface area contributed by atoms with Crippen LogP contribution in [0.25, 0.3) is 0 Å². The third-order valence-corrected chi connectivity index (χ3v) is 3.82. The Morgan fingerprint density at radius 2 is 1.90 bits per heavy atom. The molecule has 1 atom stereocenters.